The molecule has 0 unspecified atom stereocenters. The van der Waals surface area contributed by atoms with Gasteiger partial charge in [-0.15, -0.1) is 0 Å². The van der Waals surface area contributed by atoms with Gasteiger partial charge >= 0.3 is 0 Å². The number of amides is 1. The Labute approximate surface area is 186 Å². The molecule has 31 heavy (non-hydrogen) atoms. The first kappa shape index (κ1) is 22.0. The number of carbonyl (C=O) groups excluding carboxylic acids is 1. The molecule has 166 valence electrons. The van der Waals surface area contributed by atoms with Gasteiger partial charge in [0.15, 0.2) is 0 Å². The van der Waals surface area contributed by atoms with Crippen LogP contribution in [0.15, 0.2) is 47.5 Å². The van der Waals surface area contributed by atoms with Gasteiger partial charge in [0.2, 0.25) is 15.9 Å². The first-order valence-electron chi connectivity index (χ1n) is 10.3. The molecule has 7 nitrogen and oxygen atoms in total. The molecule has 1 aromatic carbocycles. The molecule has 0 N–H and O–H groups in total. The van der Waals surface area contributed by atoms with Crippen LogP contribution in [0.4, 0.5) is 10.2 Å². The predicted octanol–water partition coefficient (Wildman–Crippen LogP) is 2.62. The number of pyridine rings is 1. The van der Waals surface area contributed by atoms with Gasteiger partial charge in [-0.3, -0.25) is 4.79 Å². The number of piperazine rings is 1. The minimum atomic E-state index is -3.90. The van der Waals surface area contributed by atoms with Crippen molar-refractivity contribution in [2.24, 2.45) is 5.92 Å². The summed E-state index contributed by atoms with van der Waals surface area (Å²) < 4.78 is 40.8. The van der Waals surface area contributed by atoms with E-state index in [1.807, 2.05) is 11.0 Å². The van der Waals surface area contributed by atoms with Gasteiger partial charge in [-0.05, 0) is 37.1 Å². The largest absolute Gasteiger partial charge is 0.353 e. The molecule has 10 heteroatoms. The molecule has 3 heterocycles. The molecule has 0 spiro atoms. The van der Waals surface area contributed by atoms with Gasteiger partial charge in [0.25, 0.3) is 0 Å². The zero-order valence-corrected chi connectivity index (χ0v) is 18.5. The third kappa shape index (κ3) is 4.68. The molecule has 1 amide bonds. The highest BCUT2D eigenvalue weighted by atomic mass is 35.5. The van der Waals surface area contributed by atoms with Crippen LogP contribution in [0.1, 0.15) is 12.8 Å². The van der Waals surface area contributed by atoms with Crippen molar-refractivity contribution in [2.75, 3.05) is 44.2 Å². The van der Waals surface area contributed by atoms with Gasteiger partial charge in [0.1, 0.15) is 16.5 Å². The van der Waals surface area contributed by atoms with E-state index in [-0.39, 0.29) is 29.8 Å². The summed E-state index contributed by atoms with van der Waals surface area (Å²) in [5.74, 6) is -0.0733. The topological polar surface area (TPSA) is 73.8 Å². The maximum atomic E-state index is 14.0. The number of piperidine rings is 1. The highest BCUT2D eigenvalue weighted by Gasteiger charge is 2.35. The number of anilines is 1. The standard InChI is InChI=1S/C21H24ClFN4O3S/c22-17-5-6-20(24-15-17)25-11-13-26(14-12-25)21(28)16-7-9-27(10-8-16)31(29,30)19-4-2-1-3-18(19)23/h1-6,15-16H,7-14H2. The molecule has 0 atom stereocenters. The Bertz CT molecular complexity index is 1030. The zero-order chi connectivity index (χ0) is 22.0. The van der Waals surface area contributed by atoms with E-state index in [0.29, 0.717) is 44.0 Å². The highest BCUT2D eigenvalue weighted by molar-refractivity contribution is 7.89. The van der Waals surface area contributed by atoms with Crippen molar-refractivity contribution in [1.29, 1.82) is 0 Å². The molecule has 2 saturated heterocycles. The van der Waals surface area contributed by atoms with Crippen LogP contribution in [0, 0.1) is 11.7 Å². The average molecular weight is 467 g/mol. The number of rotatable bonds is 4. The zero-order valence-electron chi connectivity index (χ0n) is 17.0. The summed E-state index contributed by atoms with van der Waals surface area (Å²) in [7, 11) is -3.90. The molecule has 2 aliphatic heterocycles. The van der Waals surface area contributed by atoms with Gasteiger partial charge in [-0.25, -0.2) is 17.8 Å². The Hall–Kier alpha value is -2.23. The monoisotopic (exact) mass is 466 g/mol. The van der Waals surface area contributed by atoms with Crippen LogP contribution in [0.3, 0.4) is 0 Å². The Balaban J connectivity index is 1.32. The third-order valence-electron chi connectivity index (χ3n) is 5.88. The predicted molar refractivity (Wildman–Crippen MR) is 116 cm³/mol. The van der Waals surface area contributed by atoms with E-state index in [1.54, 1.807) is 12.3 Å². The van der Waals surface area contributed by atoms with E-state index in [2.05, 4.69) is 9.88 Å². The summed E-state index contributed by atoms with van der Waals surface area (Å²) in [6, 6.07) is 9.04. The molecule has 0 saturated carbocycles. The summed E-state index contributed by atoms with van der Waals surface area (Å²) in [5, 5.41) is 0.584. The van der Waals surface area contributed by atoms with Gasteiger partial charge in [0, 0.05) is 51.4 Å². The molecule has 2 aromatic rings. The molecule has 2 fully saturated rings. The molecule has 0 aliphatic carbocycles. The van der Waals surface area contributed by atoms with Crippen molar-refractivity contribution in [3.05, 3.63) is 53.4 Å². The SMILES string of the molecule is O=C(C1CCN(S(=O)(=O)c2ccccc2F)CC1)N1CCN(c2ccc(Cl)cn2)CC1. The maximum absolute atomic E-state index is 14.0. The first-order valence-corrected chi connectivity index (χ1v) is 12.1. The van der Waals surface area contributed by atoms with Crippen molar-refractivity contribution < 1.29 is 17.6 Å². The van der Waals surface area contributed by atoms with E-state index in [9.17, 15) is 17.6 Å². The Morgan fingerprint density at radius 2 is 1.68 bits per heavy atom. The van der Waals surface area contributed by atoms with E-state index in [0.717, 1.165) is 11.9 Å². The van der Waals surface area contributed by atoms with Crippen molar-refractivity contribution >= 4 is 33.3 Å². The van der Waals surface area contributed by atoms with Crippen LogP contribution >= 0.6 is 11.6 Å². The van der Waals surface area contributed by atoms with Crippen molar-refractivity contribution in [2.45, 2.75) is 17.7 Å². The fourth-order valence-corrected chi connectivity index (χ4v) is 5.75. The summed E-state index contributed by atoms with van der Waals surface area (Å²) >= 11 is 5.89. The smallest absolute Gasteiger partial charge is 0.245 e. The van der Waals surface area contributed by atoms with E-state index in [1.165, 1.54) is 22.5 Å². The van der Waals surface area contributed by atoms with E-state index >= 15 is 0 Å². The summed E-state index contributed by atoms with van der Waals surface area (Å²) in [4.78, 5) is 20.9. The Morgan fingerprint density at radius 3 is 2.29 bits per heavy atom. The van der Waals surface area contributed by atoms with Crippen LogP contribution in [-0.2, 0) is 14.8 Å². The minimum Gasteiger partial charge on any atom is -0.353 e. The fraction of sp³-hybridized carbons (Fsp3) is 0.429. The summed E-state index contributed by atoms with van der Waals surface area (Å²) in [6.07, 6.45) is 2.48. The Kier molecular flexibility index (Phi) is 6.45. The average Bonchev–Trinajstić information content (AvgIpc) is 2.79. The summed E-state index contributed by atoms with van der Waals surface area (Å²) in [6.45, 7) is 2.97. The van der Waals surface area contributed by atoms with Crippen molar-refractivity contribution in [3.63, 3.8) is 0 Å². The van der Waals surface area contributed by atoms with Crippen LogP contribution in [0.2, 0.25) is 5.02 Å². The quantitative estimate of drug-likeness (QED) is 0.692. The lowest BCUT2D eigenvalue weighted by Crippen LogP contribution is -2.52. The number of carbonyl (C=O) groups is 1. The molecule has 0 bridgehead atoms. The molecule has 2 aliphatic rings. The molecule has 0 radical (unpaired) electrons. The van der Waals surface area contributed by atoms with Crippen molar-refractivity contribution in [1.82, 2.24) is 14.2 Å². The van der Waals surface area contributed by atoms with Crippen LogP contribution < -0.4 is 4.90 Å². The molecule has 1 aromatic heterocycles. The second-order valence-electron chi connectivity index (χ2n) is 7.76. The van der Waals surface area contributed by atoms with Crippen LogP contribution in [0.5, 0.6) is 0 Å². The first-order chi connectivity index (χ1) is 14.9. The van der Waals surface area contributed by atoms with E-state index in [4.69, 9.17) is 11.6 Å². The number of sulfonamides is 1. The van der Waals surface area contributed by atoms with Gasteiger partial charge in [-0.2, -0.15) is 4.31 Å². The highest BCUT2D eigenvalue weighted by Crippen LogP contribution is 2.27. The van der Waals surface area contributed by atoms with Crippen LogP contribution in [-0.4, -0.2) is 67.8 Å². The summed E-state index contributed by atoms with van der Waals surface area (Å²) in [5.41, 5.74) is 0. The molecular formula is C21H24ClFN4O3S. The number of benzene rings is 1. The van der Waals surface area contributed by atoms with Crippen LogP contribution in [0.25, 0.3) is 0 Å². The van der Waals surface area contributed by atoms with Gasteiger partial charge in [0.05, 0.1) is 5.02 Å². The lowest BCUT2D eigenvalue weighted by molar-refractivity contribution is -0.137. The fourth-order valence-electron chi connectivity index (χ4n) is 4.11. The maximum Gasteiger partial charge on any atom is 0.245 e. The number of aromatic nitrogens is 1. The minimum absolute atomic E-state index is 0.0617. The third-order valence-corrected chi connectivity index (χ3v) is 8.04. The van der Waals surface area contributed by atoms with E-state index < -0.39 is 15.8 Å². The van der Waals surface area contributed by atoms with Gasteiger partial charge in [-0.1, -0.05) is 23.7 Å². The van der Waals surface area contributed by atoms with Gasteiger partial charge < -0.3 is 9.80 Å². The Morgan fingerprint density at radius 1 is 1.00 bits per heavy atom. The molecular weight excluding hydrogens is 443 g/mol. The number of halogens is 2. The normalized spacial score (nSPS) is 18.9. The second-order valence-corrected chi connectivity index (χ2v) is 10.1. The van der Waals surface area contributed by atoms with Crippen molar-refractivity contribution in [3.8, 4) is 0 Å². The molecule has 4 rings (SSSR count). The number of hydrogen-bond donors (Lipinski definition) is 0. The number of nitrogens with zero attached hydrogens (tertiary/aromatic N) is 4. The number of hydrogen-bond acceptors (Lipinski definition) is 5. The lowest BCUT2D eigenvalue weighted by Gasteiger charge is -2.38. The lowest BCUT2D eigenvalue weighted by atomic mass is 9.96. The second kappa shape index (κ2) is 9.10.